The van der Waals surface area contributed by atoms with E-state index in [0.717, 1.165) is 0 Å². The van der Waals surface area contributed by atoms with E-state index in [1.54, 1.807) is 6.92 Å². The molecule has 0 saturated heterocycles. The monoisotopic (exact) mass is 274 g/mol. The molecule has 1 unspecified atom stereocenters. The molecule has 4 N–H and O–H groups in total. The third kappa shape index (κ3) is 3.54. The van der Waals surface area contributed by atoms with Crippen LogP contribution >= 0.6 is 0 Å². The first-order valence-corrected chi connectivity index (χ1v) is 7.42. The highest BCUT2D eigenvalue weighted by molar-refractivity contribution is 7.89. The van der Waals surface area contributed by atoms with Crippen molar-refractivity contribution in [3.8, 4) is 0 Å². The summed E-state index contributed by atoms with van der Waals surface area (Å²) in [7, 11) is -3.59. The molecule has 1 aromatic heterocycles. The minimum Gasteiger partial charge on any atom is -0.329 e. The van der Waals surface area contributed by atoms with Crippen molar-refractivity contribution in [1.29, 1.82) is 0 Å². The highest BCUT2D eigenvalue weighted by atomic mass is 32.2. The first kappa shape index (κ1) is 15.1. The fourth-order valence-corrected chi connectivity index (χ4v) is 3.62. The van der Waals surface area contributed by atoms with Crippen LogP contribution in [-0.2, 0) is 10.0 Å². The van der Waals surface area contributed by atoms with Crippen molar-refractivity contribution in [3.63, 3.8) is 0 Å². The molecule has 0 radical (unpaired) electrons. The standard InChI is InChI=1S/C11H22N4O2S/c1-8(2)5-11(4,7-12)15-18(16,17)10-6-13-14-9(10)3/h6,8,15H,5,7,12H2,1-4H3,(H,13,14). The van der Waals surface area contributed by atoms with Crippen LogP contribution in [0.3, 0.4) is 0 Å². The fourth-order valence-electron chi connectivity index (χ4n) is 2.06. The molecule has 0 amide bonds. The zero-order valence-corrected chi connectivity index (χ0v) is 12.1. The van der Waals surface area contributed by atoms with E-state index in [4.69, 9.17) is 5.73 Å². The second-order valence-corrected chi connectivity index (χ2v) is 6.98. The van der Waals surface area contributed by atoms with Crippen molar-refractivity contribution in [3.05, 3.63) is 11.9 Å². The Hall–Kier alpha value is -0.920. The van der Waals surface area contributed by atoms with E-state index in [0.29, 0.717) is 18.0 Å². The molecule has 1 atom stereocenters. The molecule has 0 saturated carbocycles. The molecule has 1 aromatic rings. The lowest BCUT2D eigenvalue weighted by atomic mass is 9.92. The molecule has 6 nitrogen and oxygen atoms in total. The van der Waals surface area contributed by atoms with E-state index in [1.165, 1.54) is 6.20 Å². The predicted octanol–water partition coefficient (Wildman–Crippen LogP) is 0.760. The van der Waals surface area contributed by atoms with Gasteiger partial charge in [0.25, 0.3) is 0 Å². The van der Waals surface area contributed by atoms with Crippen LogP contribution in [0.5, 0.6) is 0 Å². The second-order valence-electron chi connectivity index (χ2n) is 5.33. The van der Waals surface area contributed by atoms with Crippen LogP contribution in [0.4, 0.5) is 0 Å². The van der Waals surface area contributed by atoms with Gasteiger partial charge in [0.05, 0.1) is 11.9 Å². The molecule has 0 aliphatic rings. The minimum absolute atomic E-state index is 0.172. The fraction of sp³-hybridized carbons (Fsp3) is 0.727. The Kier molecular flexibility index (Phi) is 4.52. The summed E-state index contributed by atoms with van der Waals surface area (Å²) >= 11 is 0. The maximum atomic E-state index is 12.2. The van der Waals surface area contributed by atoms with Gasteiger partial charge >= 0.3 is 0 Å². The Labute approximate surface area is 108 Å². The predicted molar refractivity (Wildman–Crippen MR) is 70.6 cm³/mol. The molecule has 7 heteroatoms. The summed E-state index contributed by atoms with van der Waals surface area (Å²) in [5.74, 6) is 0.353. The first-order valence-electron chi connectivity index (χ1n) is 5.94. The van der Waals surface area contributed by atoms with Gasteiger partial charge < -0.3 is 5.73 Å². The lowest BCUT2D eigenvalue weighted by Crippen LogP contribution is -2.52. The lowest BCUT2D eigenvalue weighted by molar-refractivity contribution is 0.344. The molecule has 0 spiro atoms. The lowest BCUT2D eigenvalue weighted by Gasteiger charge is -2.30. The number of sulfonamides is 1. The number of aromatic amines is 1. The Bertz CT molecular complexity index is 495. The summed E-state index contributed by atoms with van der Waals surface area (Å²) in [6.07, 6.45) is 1.99. The van der Waals surface area contributed by atoms with E-state index >= 15 is 0 Å². The molecule has 0 aromatic carbocycles. The number of aromatic nitrogens is 2. The van der Waals surface area contributed by atoms with Crippen LogP contribution < -0.4 is 10.5 Å². The van der Waals surface area contributed by atoms with Gasteiger partial charge in [-0.2, -0.15) is 5.10 Å². The number of nitrogens with one attached hydrogen (secondary N) is 2. The number of nitrogens with two attached hydrogens (primary N) is 1. The summed E-state index contributed by atoms with van der Waals surface area (Å²) in [5.41, 5.74) is 5.58. The van der Waals surface area contributed by atoms with Gasteiger partial charge in [-0.3, -0.25) is 5.10 Å². The van der Waals surface area contributed by atoms with Gasteiger partial charge in [-0.05, 0) is 26.2 Å². The number of hydrogen-bond donors (Lipinski definition) is 3. The molecular formula is C11H22N4O2S. The molecule has 1 heterocycles. The van der Waals surface area contributed by atoms with Crippen LogP contribution in [0.25, 0.3) is 0 Å². The Morgan fingerprint density at radius 1 is 1.56 bits per heavy atom. The summed E-state index contributed by atoms with van der Waals surface area (Å²) in [6.45, 7) is 7.81. The van der Waals surface area contributed by atoms with E-state index in [9.17, 15) is 8.42 Å². The van der Waals surface area contributed by atoms with Gasteiger partial charge in [0.15, 0.2) is 0 Å². The molecule has 0 aliphatic heterocycles. The van der Waals surface area contributed by atoms with Gasteiger partial charge in [0, 0.05) is 12.1 Å². The van der Waals surface area contributed by atoms with Gasteiger partial charge in [-0.25, -0.2) is 13.1 Å². The van der Waals surface area contributed by atoms with Crippen LogP contribution in [0, 0.1) is 12.8 Å². The summed E-state index contributed by atoms with van der Waals surface area (Å²) in [4.78, 5) is 0.172. The topological polar surface area (TPSA) is 101 Å². The van der Waals surface area contributed by atoms with Crippen molar-refractivity contribution >= 4 is 10.0 Å². The van der Waals surface area contributed by atoms with Crippen LogP contribution in [0.15, 0.2) is 11.1 Å². The van der Waals surface area contributed by atoms with Crippen molar-refractivity contribution < 1.29 is 8.42 Å². The quantitative estimate of drug-likeness (QED) is 0.713. The number of H-pyrrole nitrogens is 1. The number of hydrogen-bond acceptors (Lipinski definition) is 4. The number of aryl methyl sites for hydroxylation is 1. The van der Waals surface area contributed by atoms with Crippen molar-refractivity contribution in [2.45, 2.75) is 44.6 Å². The van der Waals surface area contributed by atoms with E-state index in [2.05, 4.69) is 14.9 Å². The molecule has 0 bridgehead atoms. The largest absolute Gasteiger partial charge is 0.329 e. The molecular weight excluding hydrogens is 252 g/mol. The summed E-state index contributed by atoms with van der Waals surface area (Å²) < 4.78 is 27.2. The molecule has 0 aliphatic carbocycles. The van der Waals surface area contributed by atoms with Crippen LogP contribution in [0.2, 0.25) is 0 Å². The third-order valence-electron chi connectivity index (χ3n) is 2.76. The van der Waals surface area contributed by atoms with E-state index in [-0.39, 0.29) is 11.4 Å². The first-order chi connectivity index (χ1) is 8.20. The molecule has 18 heavy (non-hydrogen) atoms. The second kappa shape index (κ2) is 5.38. The van der Waals surface area contributed by atoms with Crippen molar-refractivity contribution in [2.75, 3.05) is 6.54 Å². The van der Waals surface area contributed by atoms with Gasteiger partial charge in [0.1, 0.15) is 4.90 Å². The SMILES string of the molecule is Cc1[nH]ncc1S(=O)(=O)NC(C)(CN)CC(C)C. The number of nitrogens with zero attached hydrogens (tertiary/aromatic N) is 1. The highest BCUT2D eigenvalue weighted by Crippen LogP contribution is 2.20. The van der Waals surface area contributed by atoms with Crippen LogP contribution in [0.1, 0.15) is 32.9 Å². The van der Waals surface area contributed by atoms with Crippen LogP contribution in [-0.4, -0.2) is 30.7 Å². The number of rotatable bonds is 6. The normalized spacial score (nSPS) is 15.9. The Morgan fingerprint density at radius 2 is 2.17 bits per heavy atom. The Morgan fingerprint density at radius 3 is 2.56 bits per heavy atom. The molecule has 0 fully saturated rings. The van der Waals surface area contributed by atoms with Gasteiger partial charge in [-0.15, -0.1) is 0 Å². The van der Waals surface area contributed by atoms with Crippen molar-refractivity contribution in [2.24, 2.45) is 11.7 Å². The zero-order valence-electron chi connectivity index (χ0n) is 11.3. The van der Waals surface area contributed by atoms with Gasteiger partial charge in [0.2, 0.25) is 10.0 Å². The summed E-state index contributed by atoms with van der Waals surface area (Å²) in [5, 5.41) is 6.35. The molecule has 1 rings (SSSR count). The minimum atomic E-state index is -3.59. The van der Waals surface area contributed by atoms with E-state index in [1.807, 2.05) is 20.8 Å². The smallest absolute Gasteiger partial charge is 0.244 e. The molecule has 104 valence electrons. The maximum Gasteiger partial charge on any atom is 0.244 e. The van der Waals surface area contributed by atoms with E-state index < -0.39 is 15.6 Å². The van der Waals surface area contributed by atoms with Crippen molar-refractivity contribution in [1.82, 2.24) is 14.9 Å². The zero-order chi connectivity index (χ0) is 14.0. The Balaban J connectivity index is 2.98. The average Bonchev–Trinajstić information content (AvgIpc) is 2.63. The van der Waals surface area contributed by atoms with Gasteiger partial charge in [-0.1, -0.05) is 13.8 Å². The summed E-state index contributed by atoms with van der Waals surface area (Å²) in [6, 6.07) is 0. The average molecular weight is 274 g/mol. The highest BCUT2D eigenvalue weighted by Gasteiger charge is 2.31. The third-order valence-corrected chi connectivity index (χ3v) is 4.52. The maximum absolute atomic E-state index is 12.2.